The van der Waals surface area contributed by atoms with E-state index >= 15 is 0 Å². The van der Waals surface area contributed by atoms with Gasteiger partial charge in [0.05, 0.1) is 16.7 Å². The topological polar surface area (TPSA) is 79.1 Å². The molecular formula is C20H24ClFN6O. The number of anilines is 1. The quantitative estimate of drug-likeness (QED) is 0.678. The first kappa shape index (κ1) is 20.0. The average Bonchev–Trinajstić information content (AvgIpc) is 3.12. The second-order valence-corrected chi connectivity index (χ2v) is 8.29. The zero-order valence-electron chi connectivity index (χ0n) is 16.6. The molecule has 9 heteroatoms. The van der Waals surface area contributed by atoms with Crippen LogP contribution in [0.25, 0.3) is 17.0 Å². The van der Waals surface area contributed by atoms with E-state index in [4.69, 9.17) is 11.6 Å². The van der Waals surface area contributed by atoms with Gasteiger partial charge in [-0.2, -0.15) is 0 Å². The van der Waals surface area contributed by atoms with E-state index in [9.17, 15) is 9.50 Å². The van der Waals surface area contributed by atoms with Crippen molar-refractivity contribution in [2.24, 2.45) is 5.92 Å². The normalized spacial score (nSPS) is 19.7. The molecule has 0 spiro atoms. The molecule has 29 heavy (non-hydrogen) atoms. The Bertz CT molecular complexity index is 1040. The lowest BCUT2D eigenvalue weighted by atomic mass is 9.84. The van der Waals surface area contributed by atoms with Crippen LogP contribution in [-0.2, 0) is 0 Å². The number of rotatable bonds is 4. The Kier molecular flexibility index (Phi) is 5.18. The number of hydrogen-bond acceptors (Lipinski definition) is 6. The molecule has 4 heterocycles. The highest BCUT2D eigenvalue weighted by Crippen LogP contribution is 2.31. The predicted octanol–water partition coefficient (Wildman–Crippen LogP) is 2.79. The van der Waals surface area contributed by atoms with Crippen LogP contribution < -0.4 is 10.2 Å². The summed E-state index contributed by atoms with van der Waals surface area (Å²) < 4.78 is 16.3. The molecule has 3 aromatic rings. The maximum Gasteiger partial charge on any atom is 0.177 e. The summed E-state index contributed by atoms with van der Waals surface area (Å²) in [6, 6.07) is 2.87. The van der Waals surface area contributed by atoms with Crippen LogP contribution in [0.1, 0.15) is 20.8 Å². The molecule has 0 saturated carbocycles. The minimum atomic E-state index is -0.903. The monoisotopic (exact) mass is 418 g/mol. The van der Waals surface area contributed by atoms with Crippen LogP contribution >= 0.6 is 11.6 Å². The summed E-state index contributed by atoms with van der Waals surface area (Å²) in [5, 5.41) is 14.5. The van der Waals surface area contributed by atoms with E-state index in [0.717, 1.165) is 0 Å². The van der Waals surface area contributed by atoms with Crippen LogP contribution in [-0.4, -0.2) is 55.9 Å². The summed E-state index contributed by atoms with van der Waals surface area (Å²) in [6.45, 7) is 7.62. The molecule has 0 radical (unpaired) electrons. The number of pyridine rings is 1. The Labute approximate surface area is 173 Å². The fraction of sp³-hybridized carbons (Fsp3) is 0.450. The first-order valence-corrected chi connectivity index (χ1v) is 10.0. The summed E-state index contributed by atoms with van der Waals surface area (Å²) in [4.78, 5) is 15.1. The van der Waals surface area contributed by atoms with Crippen molar-refractivity contribution in [3.63, 3.8) is 0 Å². The van der Waals surface area contributed by atoms with Crippen LogP contribution in [0.3, 0.4) is 0 Å². The van der Waals surface area contributed by atoms with Crippen molar-refractivity contribution in [2.75, 3.05) is 24.5 Å². The Morgan fingerprint density at radius 2 is 2.07 bits per heavy atom. The van der Waals surface area contributed by atoms with Gasteiger partial charge >= 0.3 is 0 Å². The van der Waals surface area contributed by atoms with Crippen molar-refractivity contribution in [3.05, 3.63) is 41.6 Å². The SMILES string of the molecule is CC(C)[C@@](C)(O)[C@@H]1CN(c2nc(-n3ccc4nccnc43)c(F)cc2Cl)CCN1. The number of piperazine rings is 1. The molecule has 1 aliphatic rings. The molecule has 3 aromatic heterocycles. The number of nitrogens with one attached hydrogen (secondary N) is 1. The average molecular weight is 419 g/mol. The van der Waals surface area contributed by atoms with Gasteiger partial charge < -0.3 is 15.3 Å². The van der Waals surface area contributed by atoms with Gasteiger partial charge in [-0.05, 0) is 18.9 Å². The van der Waals surface area contributed by atoms with E-state index < -0.39 is 11.4 Å². The van der Waals surface area contributed by atoms with Gasteiger partial charge in [0.1, 0.15) is 11.3 Å². The van der Waals surface area contributed by atoms with E-state index in [0.29, 0.717) is 36.6 Å². The van der Waals surface area contributed by atoms with Crippen molar-refractivity contribution < 1.29 is 9.50 Å². The van der Waals surface area contributed by atoms with Gasteiger partial charge in [0.25, 0.3) is 0 Å². The van der Waals surface area contributed by atoms with E-state index in [-0.39, 0.29) is 22.8 Å². The Hall–Kier alpha value is -2.29. The molecule has 2 atom stereocenters. The van der Waals surface area contributed by atoms with Gasteiger partial charge in [-0.1, -0.05) is 25.4 Å². The van der Waals surface area contributed by atoms with Crippen LogP contribution in [0.4, 0.5) is 10.2 Å². The highest BCUT2D eigenvalue weighted by atomic mass is 35.5. The van der Waals surface area contributed by atoms with Crippen molar-refractivity contribution in [3.8, 4) is 5.82 Å². The lowest BCUT2D eigenvalue weighted by Gasteiger charge is -2.43. The Balaban J connectivity index is 1.73. The van der Waals surface area contributed by atoms with Gasteiger partial charge in [0, 0.05) is 44.3 Å². The summed E-state index contributed by atoms with van der Waals surface area (Å²) in [5.74, 6) is 0.130. The number of aliphatic hydroxyl groups is 1. The first-order valence-electron chi connectivity index (χ1n) is 9.64. The van der Waals surface area contributed by atoms with Crippen LogP contribution in [0.15, 0.2) is 30.7 Å². The summed E-state index contributed by atoms with van der Waals surface area (Å²) >= 11 is 6.37. The molecule has 0 aromatic carbocycles. The van der Waals surface area contributed by atoms with Gasteiger partial charge in [-0.3, -0.25) is 9.55 Å². The van der Waals surface area contributed by atoms with Gasteiger partial charge in [0.2, 0.25) is 0 Å². The molecule has 0 bridgehead atoms. The molecule has 1 saturated heterocycles. The maximum absolute atomic E-state index is 14.8. The molecule has 4 rings (SSSR count). The smallest absolute Gasteiger partial charge is 0.177 e. The van der Waals surface area contributed by atoms with Gasteiger partial charge in [-0.15, -0.1) is 0 Å². The third-order valence-electron chi connectivity index (χ3n) is 5.79. The van der Waals surface area contributed by atoms with E-state index in [1.165, 1.54) is 6.07 Å². The van der Waals surface area contributed by atoms with Crippen molar-refractivity contribution >= 4 is 28.6 Å². The highest BCUT2D eigenvalue weighted by Gasteiger charge is 2.38. The first-order chi connectivity index (χ1) is 13.8. The largest absolute Gasteiger partial charge is 0.388 e. The zero-order valence-corrected chi connectivity index (χ0v) is 17.4. The summed E-state index contributed by atoms with van der Waals surface area (Å²) in [6.07, 6.45) is 4.84. The number of nitrogens with zero attached hydrogens (tertiary/aromatic N) is 5. The van der Waals surface area contributed by atoms with Crippen molar-refractivity contribution in [1.82, 2.24) is 24.8 Å². The van der Waals surface area contributed by atoms with Gasteiger partial charge in [-0.25, -0.2) is 14.4 Å². The third-order valence-corrected chi connectivity index (χ3v) is 6.06. The Morgan fingerprint density at radius 3 is 2.83 bits per heavy atom. The molecule has 1 fully saturated rings. The maximum atomic E-state index is 14.8. The molecular weight excluding hydrogens is 395 g/mol. The molecule has 0 amide bonds. The minimum absolute atomic E-state index is 0.0666. The van der Waals surface area contributed by atoms with Crippen LogP contribution in [0.5, 0.6) is 0 Å². The number of hydrogen-bond donors (Lipinski definition) is 2. The number of aromatic nitrogens is 4. The summed E-state index contributed by atoms with van der Waals surface area (Å²) in [5.41, 5.74) is 0.272. The van der Waals surface area contributed by atoms with Crippen LogP contribution in [0, 0.1) is 11.7 Å². The highest BCUT2D eigenvalue weighted by molar-refractivity contribution is 6.33. The standard InChI is InChI=1S/C20H24ClFN6O/c1-12(2)20(3,29)16-11-27(9-7-24-16)17-13(21)10-14(22)18(26-17)28-8-4-15-19(28)25-6-5-23-15/h4-6,8,10,12,16,24,29H,7,9,11H2,1-3H3/t16-,20+/m0/s1. The fourth-order valence-electron chi connectivity index (χ4n) is 3.61. The minimum Gasteiger partial charge on any atom is -0.388 e. The summed E-state index contributed by atoms with van der Waals surface area (Å²) in [7, 11) is 0. The zero-order chi connectivity index (χ0) is 20.8. The number of fused-ring (bicyclic) bond motifs is 1. The molecule has 0 aliphatic carbocycles. The Morgan fingerprint density at radius 1 is 1.31 bits per heavy atom. The van der Waals surface area contributed by atoms with E-state index in [1.807, 2.05) is 25.7 Å². The van der Waals surface area contributed by atoms with Gasteiger partial charge in [0.15, 0.2) is 17.3 Å². The predicted molar refractivity (Wildman–Crippen MR) is 111 cm³/mol. The fourth-order valence-corrected chi connectivity index (χ4v) is 3.86. The lowest BCUT2D eigenvalue weighted by Crippen LogP contribution is -2.62. The van der Waals surface area contributed by atoms with Crippen molar-refractivity contribution in [2.45, 2.75) is 32.4 Å². The second-order valence-electron chi connectivity index (χ2n) is 7.88. The number of halogens is 2. The van der Waals surface area contributed by atoms with E-state index in [1.54, 1.807) is 29.2 Å². The molecule has 154 valence electrons. The molecule has 7 nitrogen and oxygen atoms in total. The second kappa shape index (κ2) is 7.51. The molecule has 2 N–H and O–H groups in total. The lowest BCUT2D eigenvalue weighted by molar-refractivity contribution is -0.0231. The third kappa shape index (κ3) is 3.56. The van der Waals surface area contributed by atoms with E-state index in [2.05, 4.69) is 20.3 Å². The molecule has 1 aliphatic heterocycles. The van der Waals surface area contributed by atoms with Crippen molar-refractivity contribution in [1.29, 1.82) is 0 Å². The van der Waals surface area contributed by atoms with Crippen LogP contribution in [0.2, 0.25) is 5.02 Å². The molecule has 0 unspecified atom stereocenters.